The van der Waals surface area contributed by atoms with Crippen LogP contribution in [0.25, 0.3) is 5.82 Å². The van der Waals surface area contributed by atoms with Gasteiger partial charge in [-0.15, -0.1) is 0 Å². The van der Waals surface area contributed by atoms with Gasteiger partial charge in [0, 0.05) is 16.5 Å². The largest absolute Gasteiger partial charge is 0.516 e. The molecule has 21 heavy (non-hydrogen) atoms. The average molecular weight is 293 g/mol. The molecular weight excluding hydrogens is 267 g/mol. The number of aromatic nitrogens is 4. The molecule has 2 aromatic heterocycles. The number of nitrogens with zero attached hydrogens (tertiary/aromatic N) is 4. The molecule has 1 aliphatic rings. The van der Waals surface area contributed by atoms with E-state index in [1.54, 1.807) is 0 Å². The van der Waals surface area contributed by atoms with Gasteiger partial charge in [-0.2, -0.15) is 5.10 Å². The molecule has 1 fully saturated rings. The first-order chi connectivity index (χ1) is 12.7. The lowest BCUT2D eigenvalue weighted by atomic mass is 9.85. The Balaban J connectivity index is 2.13. The Labute approximate surface area is 134 Å². The van der Waals surface area contributed by atoms with Gasteiger partial charge in [0.1, 0.15) is 0 Å². The zero-order chi connectivity index (χ0) is 21.2. The maximum atomic E-state index is 8.08. The lowest BCUT2D eigenvalue weighted by molar-refractivity contribution is 0.00578. The predicted molar refractivity (Wildman–Crippen MR) is 79.6 cm³/mol. The summed E-state index contributed by atoms with van der Waals surface area (Å²) in [5.74, 6) is -0.283. The second-order valence-corrected chi connectivity index (χ2v) is 5.75. The molecule has 0 unspecified atom stereocenters. The van der Waals surface area contributed by atoms with Crippen molar-refractivity contribution in [3.63, 3.8) is 0 Å². The van der Waals surface area contributed by atoms with Gasteiger partial charge in [-0.1, -0.05) is 0 Å². The standard InChI is InChI=1S/C14H19BN4O2/c1-10-6-17-19(9-10)12-8-16-7-11(18-12)15-20-13(2,3)14(4,5)21-15/h6-9H,1-5H3/i1D3,6D,7D,8D,9D. The van der Waals surface area contributed by atoms with Crippen molar-refractivity contribution in [3.8, 4) is 5.82 Å². The molecule has 0 atom stereocenters. The summed E-state index contributed by atoms with van der Waals surface area (Å²) in [4.78, 5) is 7.98. The van der Waals surface area contributed by atoms with E-state index < -0.39 is 49.3 Å². The molecule has 0 amide bonds. The highest BCUT2D eigenvalue weighted by Gasteiger charge is 2.52. The molecule has 7 heteroatoms. The van der Waals surface area contributed by atoms with Crippen molar-refractivity contribution in [2.75, 3.05) is 0 Å². The lowest BCUT2D eigenvalue weighted by Gasteiger charge is -2.32. The van der Waals surface area contributed by atoms with Gasteiger partial charge in [0.05, 0.1) is 34.6 Å². The Morgan fingerprint density at radius 3 is 2.52 bits per heavy atom. The minimum Gasteiger partial charge on any atom is -0.398 e. The summed E-state index contributed by atoms with van der Waals surface area (Å²) in [7, 11) is -1.04. The van der Waals surface area contributed by atoms with Crippen molar-refractivity contribution in [3.05, 3.63) is 30.3 Å². The third-order valence-electron chi connectivity index (χ3n) is 3.71. The van der Waals surface area contributed by atoms with E-state index in [2.05, 4.69) is 15.1 Å². The molecule has 2 aromatic rings. The van der Waals surface area contributed by atoms with Crippen LogP contribution in [0, 0.1) is 6.85 Å². The lowest BCUT2D eigenvalue weighted by Crippen LogP contribution is -2.41. The predicted octanol–water partition coefficient (Wildman–Crippen LogP) is 1.27. The molecule has 6 nitrogen and oxygen atoms in total. The van der Waals surface area contributed by atoms with Crippen molar-refractivity contribution in [1.29, 1.82) is 0 Å². The van der Waals surface area contributed by atoms with Crippen molar-refractivity contribution in [1.82, 2.24) is 19.7 Å². The number of hydrogen-bond acceptors (Lipinski definition) is 5. The van der Waals surface area contributed by atoms with E-state index in [0.717, 1.165) is 4.68 Å². The first-order valence-electron chi connectivity index (χ1n) is 9.93. The maximum absolute atomic E-state index is 8.08. The summed E-state index contributed by atoms with van der Waals surface area (Å²) in [5, 5.41) is 3.73. The van der Waals surface area contributed by atoms with Crippen LogP contribution < -0.4 is 5.59 Å². The van der Waals surface area contributed by atoms with E-state index in [9.17, 15) is 0 Å². The van der Waals surface area contributed by atoms with Crippen LogP contribution in [0.15, 0.2) is 24.7 Å². The Hall–Kier alpha value is -1.73. The minimum absolute atomic E-state index is 0.0264. The molecule has 3 heterocycles. The first-order valence-corrected chi connectivity index (χ1v) is 6.43. The van der Waals surface area contributed by atoms with E-state index in [0.29, 0.717) is 0 Å². The van der Waals surface area contributed by atoms with Gasteiger partial charge in [0.15, 0.2) is 5.82 Å². The number of hydrogen-bond donors (Lipinski definition) is 0. The molecule has 1 saturated heterocycles. The topological polar surface area (TPSA) is 62.1 Å². The SMILES string of the molecule is [2H]c1nc([2H])c(-n2nc([2H])c(C([2H])([2H])[2H])c2[2H])nc1B1OC(C)(C)C(C)(C)O1. The van der Waals surface area contributed by atoms with Crippen molar-refractivity contribution in [2.45, 2.75) is 45.7 Å². The van der Waals surface area contributed by atoms with Crippen LogP contribution >= 0.6 is 0 Å². The highest BCUT2D eigenvalue weighted by molar-refractivity contribution is 6.61. The van der Waals surface area contributed by atoms with Crippen LogP contribution in [0.5, 0.6) is 0 Å². The Morgan fingerprint density at radius 1 is 1.19 bits per heavy atom. The summed E-state index contributed by atoms with van der Waals surface area (Å²) in [5.41, 5.74) is -1.97. The smallest absolute Gasteiger partial charge is 0.398 e. The average Bonchev–Trinajstić information content (AvgIpc) is 2.91. The highest BCUT2D eigenvalue weighted by Crippen LogP contribution is 2.36. The zero-order valence-corrected chi connectivity index (χ0v) is 12.2. The van der Waals surface area contributed by atoms with Gasteiger partial charge < -0.3 is 9.31 Å². The normalized spacial score (nSPS) is 25.3. The molecule has 3 rings (SSSR count). The Morgan fingerprint density at radius 2 is 1.90 bits per heavy atom. The fourth-order valence-corrected chi connectivity index (χ4v) is 1.81. The van der Waals surface area contributed by atoms with Gasteiger partial charge in [0.2, 0.25) is 0 Å². The molecule has 0 saturated carbocycles. The van der Waals surface area contributed by atoms with Crippen LogP contribution in [0.1, 0.15) is 42.9 Å². The first kappa shape index (κ1) is 8.05. The molecule has 0 radical (unpaired) electrons. The Kier molecular flexibility index (Phi) is 1.78. The van der Waals surface area contributed by atoms with Gasteiger partial charge in [-0.25, -0.2) is 9.67 Å². The van der Waals surface area contributed by atoms with Crippen LogP contribution in [0.4, 0.5) is 0 Å². The van der Waals surface area contributed by atoms with E-state index in [1.165, 1.54) is 0 Å². The van der Waals surface area contributed by atoms with Gasteiger partial charge >= 0.3 is 7.12 Å². The summed E-state index contributed by atoms with van der Waals surface area (Å²) < 4.78 is 66.8. The van der Waals surface area contributed by atoms with Gasteiger partial charge in [-0.3, -0.25) is 4.98 Å². The summed E-state index contributed by atoms with van der Waals surface area (Å²) >= 11 is 0. The molecule has 110 valence electrons. The number of rotatable bonds is 2. The highest BCUT2D eigenvalue weighted by atomic mass is 16.7. The molecule has 1 aliphatic heterocycles. The van der Waals surface area contributed by atoms with E-state index in [4.69, 9.17) is 18.9 Å². The van der Waals surface area contributed by atoms with Crippen molar-refractivity contribution in [2.24, 2.45) is 0 Å². The summed E-state index contributed by atoms with van der Waals surface area (Å²) in [6, 6.07) is 0. The third kappa shape index (κ3) is 2.47. The van der Waals surface area contributed by atoms with Crippen LogP contribution in [-0.4, -0.2) is 38.1 Å². The van der Waals surface area contributed by atoms with E-state index in [1.807, 2.05) is 27.7 Å². The van der Waals surface area contributed by atoms with Gasteiger partial charge in [-0.05, 0) is 40.1 Å². The maximum Gasteiger partial charge on any atom is 0.516 e. The fraction of sp³-hybridized carbons (Fsp3) is 0.500. The monoisotopic (exact) mass is 293 g/mol. The molecule has 0 spiro atoms. The minimum atomic E-state index is -2.72. The van der Waals surface area contributed by atoms with Crippen molar-refractivity contribution >= 4 is 12.7 Å². The second kappa shape index (κ2) is 4.64. The molecular formula is C14H19BN4O2. The molecule has 0 aliphatic carbocycles. The fourth-order valence-electron chi connectivity index (χ4n) is 1.81. The molecule has 0 N–H and O–H groups in total. The van der Waals surface area contributed by atoms with E-state index >= 15 is 0 Å². The summed E-state index contributed by atoms with van der Waals surface area (Å²) in [6.45, 7) is 4.59. The summed E-state index contributed by atoms with van der Waals surface area (Å²) in [6.07, 6.45) is -2.03. The van der Waals surface area contributed by atoms with Crippen molar-refractivity contribution < 1.29 is 18.9 Å². The zero-order valence-electron chi connectivity index (χ0n) is 19.2. The van der Waals surface area contributed by atoms with Gasteiger partial charge in [0.25, 0.3) is 0 Å². The molecule has 0 bridgehead atoms. The second-order valence-electron chi connectivity index (χ2n) is 5.75. The van der Waals surface area contributed by atoms with E-state index in [-0.39, 0.29) is 17.6 Å². The molecule has 0 aromatic carbocycles. The van der Waals surface area contributed by atoms with Crippen LogP contribution in [0.3, 0.4) is 0 Å². The quantitative estimate of drug-likeness (QED) is 0.780. The van der Waals surface area contributed by atoms with Crippen LogP contribution in [-0.2, 0) is 9.31 Å². The Bertz CT molecular complexity index is 929. The third-order valence-corrected chi connectivity index (χ3v) is 3.71. The van der Waals surface area contributed by atoms with Crippen LogP contribution in [0.2, 0.25) is 0 Å².